The van der Waals surface area contributed by atoms with Crippen LogP contribution >= 0.6 is 0 Å². The normalized spacial score (nSPS) is 16.7. The zero-order chi connectivity index (χ0) is 14.7. The zero-order valence-corrected chi connectivity index (χ0v) is 12.7. The van der Waals surface area contributed by atoms with Gasteiger partial charge in [0.05, 0.1) is 0 Å². The molecule has 0 atom stereocenters. The zero-order valence-electron chi connectivity index (χ0n) is 12.7. The van der Waals surface area contributed by atoms with E-state index in [-0.39, 0.29) is 5.78 Å². The largest absolute Gasteiger partial charge is 0.398 e. The third-order valence-corrected chi connectivity index (χ3v) is 4.02. The van der Waals surface area contributed by atoms with Crippen molar-refractivity contribution in [1.82, 2.24) is 4.90 Å². The second-order valence-corrected chi connectivity index (χ2v) is 6.02. The number of anilines is 2. The fourth-order valence-corrected chi connectivity index (χ4v) is 2.96. The van der Waals surface area contributed by atoms with Crippen LogP contribution in [0.5, 0.6) is 0 Å². The van der Waals surface area contributed by atoms with Gasteiger partial charge in [-0.25, -0.2) is 0 Å². The molecule has 1 aliphatic heterocycles. The van der Waals surface area contributed by atoms with Gasteiger partial charge in [-0.15, -0.1) is 0 Å². The topological polar surface area (TPSA) is 49.6 Å². The highest BCUT2D eigenvalue weighted by molar-refractivity contribution is 5.99. The van der Waals surface area contributed by atoms with Crippen molar-refractivity contribution in [2.75, 3.05) is 44.4 Å². The number of hydrogen-bond donors (Lipinski definition) is 1. The summed E-state index contributed by atoms with van der Waals surface area (Å²) in [4.78, 5) is 16.0. The molecule has 1 saturated heterocycles. The number of benzene rings is 1. The number of Topliss-reactive ketones (excluding diaryl/α,β-unsaturated/α-hetero) is 1. The van der Waals surface area contributed by atoms with Crippen LogP contribution in [0.15, 0.2) is 18.2 Å². The van der Waals surface area contributed by atoms with Gasteiger partial charge in [-0.05, 0) is 58.0 Å². The third kappa shape index (κ3) is 3.51. The first-order valence-electron chi connectivity index (χ1n) is 7.27. The predicted molar refractivity (Wildman–Crippen MR) is 84.3 cm³/mol. The van der Waals surface area contributed by atoms with E-state index in [9.17, 15) is 4.79 Å². The fourth-order valence-electron chi connectivity index (χ4n) is 2.96. The molecule has 2 rings (SSSR count). The average Bonchev–Trinajstić information content (AvgIpc) is 2.38. The minimum absolute atomic E-state index is 0.0266. The summed E-state index contributed by atoms with van der Waals surface area (Å²) in [7, 11) is 4.26. The van der Waals surface area contributed by atoms with Crippen LogP contribution in [0.4, 0.5) is 11.4 Å². The van der Waals surface area contributed by atoms with Crippen molar-refractivity contribution >= 4 is 17.2 Å². The van der Waals surface area contributed by atoms with E-state index in [4.69, 9.17) is 5.73 Å². The first-order chi connectivity index (χ1) is 9.47. The molecule has 1 heterocycles. The van der Waals surface area contributed by atoms with Gasteiger partial charge >= 0.3 is 0 Å². The molecule has 1 fully saturated rings. The van der Waals surface area contributed by atoms with E-state index in [1.165, 1.54) is 19.4 Å². The van der Waals surface area contributed by atoms with E-state index < -0.39 is 0 Å². The summed E-state index contributed by atoms with van der Waals surface area (Å²) in [6, 6.07) is 5.79. The molecular formula is C16H25N3O. The highest BCUT2D eigenvalue weighted by atomic mass is 16.1. The Morgan fingerprint density at radius 1 is 1.35 bits per heavy atom. The Morgan fingerprint density at radius 2 is 2.00 bits per heavy atom. The molecule has 0 bridgehead atoms. The van der Waals surface area contributed by atoms with Gasteiger partial charge in [-0.2, -0.15) is 0 Å². The van der Waals surface area contributed by atoms with Crippen molar-refractivity contribution < 1.29 is 4.79 Å². The molecule has 4 heteroatoms. The quantitative estimate of drug-likeness (QED) is 0.676. The number of carbonyl (C=O) groups is 1. The van der Waals surface area contributed by atoms with Crippen LogP contribution in [0.25, 0.3) is 0 Å². The molecule has 1 aliphatic rings. The van der Waals surface area contributed by atoms with E-state index in [0.29, 0.717) is 11.3 Å². The molecule has 0 aromatic heterocycles. The van der Waals surface area contributed by atoms with Crippen LogP contribution in [0.3, 0.4) is 0 Å². The Hall–Kier alpha value is -1.55. The Kier molecular flexibility index (Phi) is 4.65. The lowest BCUT2D eigenvalue weighted by Crippen LogP contribution is -2.37. The average molecular weight is 275 g/mol. The van der Waals surface area contributed by atoms with Gasteiger partial charge in [-0.3, -0.25) is 4.79 Å². The van der Waals surface area contributed by atoms with Crippen LogP contribution in [0.1, 0.15) is 30.1 Å². The van der Waals surface area contributed by atoms with Gasteiger partial charge < -0.3 is 15.5 Å². The molecule has 0 amide bonds. The molecule has 0 radical (unpaired) electrons. The summed E-state index contributed by atoms with van der Waals surface area (Å²) >= 11 is 0. The third-order valence-electron chi connectivity index (χ3n) is 4.02. The van der Waals surface area contributed by atoms with Crippen molar-refractivity contribution in [3.05, 3.63) is 23.8 Å². The van der Waals surface area contributed by atoms with Crippen molar-refractivity contribution in [3.8, 4) is 0 Å². The van der Waals surface area contributed by atoms with Gasteiger partial charge in [0.25, 0.3) is 0 Å². The number of rotatable bonds is 4. The molecule has 4 nitrogen and oxygen atoms in total. The summed E-state index contributed by atoms with van der Waals surface area (Å²) in [6.45, 7) is 4.85. The predicted octanol–water partition coefficient (Wildman–Crippen LogP) is 2.25. The number of nitrogens with two attached hydrogens (primary N) is 1. The lowest BCUT2D eigenvalue weighted by atomic mass is 9.96. The van der Waals surface area contributed by atoms with E-state index in [1.807, 2.05) is 18.2 Å². The van der Waals surface area contributed by atoms with Crippen LogP contribution in [0.2, 0.25) is 0 Å². The minimum atomic E-state index is 0.0266. The molecule has 2 N–H and O–H groups in total. The maximum absolute atomic E-state index is 11.4. The maximum Gasteiger partial charge on any atom is 0.161 e. The summed E-state index contributed by atoms with van der Waals surface area (Å²) < 4.78 is 0. The van der Waals surface area contributed by atoms with Crippen molar-refractivity contribution in [1.29, 1.82) is 0 Å². The first-order valence-corrected chi connectivity index (χ1v) is 7.27. The molecule has 1 aromatic carbocycles. The van der Waals surface area contributed by atoms with Gasteiger partial charge in [-0.1, -0.05) is 0 Å². The molecule has 0 aliphatic carbocycles. The molecule has 20 heavy (non-hydrogen) atoms. The molecule has 1 aromatic rings. The van der Waals surface area contributed by atoms with E-state index in [1.54, 1.807) is 6.92 Å². The standard InChI is InChI=1S/C16H25N3O/c1-12(20)15-5-4-14(10-16(15)17)19-8-6-13(7-9-19)11-18(2)3/h4-5,10,13H,6-9,11,17H2,1-3H3. The number of carbonyl (C=O) groups excluding carboxylic acids is 1. The molecule has 0 unspecified atom stereocenters. The van der Waals surface area contributed by atoms with Crippen LogP contribution in [-0.4, -0.2) is 44.4 Å². The second kappa shape index (κ2) is 6.27. The van der Waals surface area contributed by atoms with Crippen LogP contribution in [0, 0.1) is 5.92 Å². The Bertz CT molecular complexity index is 477. The Balaban J connectivity index is 2.00. The lowest BCUT2D eigenvalue weighted by molar-refractivity contribution is 0.101. The van der Waals surface area contributed by atoms with Crippen LogP contribution in [-0.2, 0) is 0 Å². The summed E-state index contributed by atoms with van der Waals surface area (Å²) in [6.07, 6.45) is 2.43. The monoisotopic (exact) mass is 275 g/mol. The SMILES string of the molecule is CC(=O)c1ccc(N2CCC(CN(C)C)CC2)cc1N. The van der Waals surface area contributed by atoms with E-state index in [2.05, 4.69) is 23.9 Å². The highest BCUT2D eigenvalue weighted by Crippen LogP contribution is 2.26. The summed E-state index contributed by atoms with van der Waals surface area (Å²) in [5.41, 5.74) is 8.31. The molecule has 110 valence electrons. The molecular weight excluding hydrogens is 250 g/mol. The molecule has 0 spiro atoms. The van der Waals surface area contributed by atoms with Gasteiger partial charge in [0.1, 0.15) is 0 Å². The van der Waals surface area contributed by atoms with E-state index >= 15 is 0 Å². The smallest absolute Gasteiger partial charge is 0.161 e. The number of piperidine rings is 1. The summed E-state index contributed by atoms with van der Waals surface area (Å²) in [5.74, 6) is 0.814. The number of ketones is 1. The Labute approximate surface area is 121 Å². The number of hydrogen-bond acceptors (Lipinski definition) is 4. The molecule has 0 saturated carbocycles. The second-order valence-electron chi connectivity index (χ2n) is 6.02. The number of nitrogen functional groups attached to an aromatic ring is 1. The van der Waals surface area contributed by atoms with Gasteiger partial charge in [0.15, 0.2) is 5.78 Å². The van der Waals surface area contributed by atoms with Gasteiger partial charge in [0.2, 0.25) is 0 Å². The van der Waals surface area contributed by atoms with Crippen LogP contribution < -0.4 is 10.6 Å². The highest BCUT2D eigenvalue weighted by Gasteiger charge is 2.20. The fraction of sp³-hybridized carbons (Fsp3) is 0.562. The first kappa shape index (κ1) is 14.9. The number of nitrogens with zero attached hydrogens (tertiary/aromatic N) is 2. The van der Waals surface area contributed by atoms with E-state index in [0.717, 1.165) is 24.7 Å². The van der Waals surface area contributed by atoms with Crippen molar-refractivity contribution in [3.63, 3.8) is 0 Å². The Morgan fingerprint density at radius 3 is 2.50 bits per heavy atom. The van der Waals surface area contributed by atoms with Gasteiger partial charge in [0, 0.05) is 36.6 Å². The maximum atomic E-state index is 11.4. The van der Waals surface area contributed by atoms with Crippen molar-refractivity contribution in [2.24, 2.45) is 5.92 Å². The van der Waals surface area contributed by atoms with Crippen molar-refractivity contribution in [2.45, 2.75) is 19.8 Å². The minimum Gasteiger partial charge on any atom is -0.398 e. The summed E-state index contributed by atoms with van der Waals surface area (Å²) in [5, 5.41) is 0. The lowest BCUT2D eigenvalue weighted by Gasteiger charge is -2.34.